The molecular formula is C17H22N2O4. The average Bonchev–Trinajstić information content (AvgIpc) is 3.08. The van der Waals surface area contributed by atoms with E-state index in [-0.39, 0.29) is 11.9 Å². The third-order valence-corrected chi connectivity index (χ3v) is 3.60. The molecule has 1 N–H and O–H groups in total. The fourth-order valence-electron chi connectivity index (χ4n) is 2.29. The number of rotatable bonds is 7. The molecule has 1 aromatic carbocycles. The second kappa shape index (κ2) is 7.69. The molecule has 0 fully saturated rings. The Kier molecular flexibility index (Phi) is 5.65. The summed E-state index contributed by atoms with van der Waals surface area (Å²) < 4.78 is 15.8. The van der Waals surface area contributed by atoms with Crippen molar-refractivity contribution in [3.63, 3.8) is 0 Å². The van der Waals surface area contributed by atoms with Crippen LogP contribution < -0.4 is 14.8 Å². The van der Waals surface area contributed by atoms with Crippen molar-refractivity contribution in [2.24, 2.45) is 0 Å². The van der Waals surface area contributed by atoms with E-state index < -0.39 is 0 Å². The van der Waals surface area contributed by atoms with Gasteiger partial charge >= 0.3 is 0 Å². The molecular weight excluding hydrogens is 296 g/mol. The topological polar surface area (TPSA) is 63.9 Å². The molecule has 0 radical (unpaired) electrons. The van der Waals surface area contributed by atoms with Crippen LogP contribution in [0.1, 0.15) is 22.2 Å². The van der Waals surface area contributed by atoms with Crippen LogP contribution in [-0.4, -0.2) is 45.7 Å². The minimum atomic E-state index is -0.206. The van der Waals surface area contributed by atoms with E-state index in [1.807, 2.05) is 31.1 Å². The molecule has 2 rings (SSSR count). The van der Waals surface area contributed by atoms with E-state index in [4.69, 9.17) is 13.9 Å². The summed E-state index contributed by atoms with van der Waals surface area (Å²) in [6, 6.07) is 8.78. The number of likely N-dealkylation sites (N-methyl/N-ethyl adjacent to an activating group) is 1. The number of furan rings is 1. The number of hydrogen-bond donors (Lipinski definition) is 1. The summed E-state index contributed by atoms with van der Waals surface area (Å²) in [5.41, 5.74) is 0.463. The maximum absolute atomic E-state index is 12.4. The molecule has 1 aromatic heterocycles. The predicted molar refractivity (Wildman–Crippen MR) is 87.0 cm³/mol. The number of benzene rings is 1. The van der Waals surface area contributed by atoms with Gasteiger partial charge in [0, 0.05) is 12.6 Å². The molecule has 6 nitrogen and oxygen atoms in total. The summed E-state index contributed by atoms with van der Waals surface area (Å²) in [7, 11) is 6.97. The zero-order valence-corrected chi connectivity index (χ0v) is 13.8. The summed E-state index contributed by atoms with van der Waals surface area (Å²) in [6.07, 6.45) is 1.63. The highest BCUT2D eigenvalue weighted by Gasteiger charge is 2.19. The summed E-state index contributed by atoms with van der Waals surface area (Å²) >= 11 is 0. The molecule has 1 heterocycles. The lowest BCUT2D eigenvalue weighted by Gasteiger charge is -2.22. The first kappa shape index (κ1) is 16.9. The Labute approximate surface area is 136 Å². The van der Waals surface area contributed by atoms with Gasteiger partial charge in [0.1, 0.15) is 17.3 Å². The molecule has 1 amide bonds. The second-order valence-corrected chi connectivity index (χ2v) is 5.27. The standard InChI is InChI=1S/C17H22N2O4/c1-19(2)14(15-6-5-9-23-15)11-18-17(20)13-8-7-12(21-3)10-16(13)22-4/h5-10,14H,11H2,1-4H3,(H,18,20). The highest BCUT2D eigenvalue weighted by molar-refractivity contribution is 5.97. The van der Waals surface area contributed by atoms with E-state index in [0.29, 0.717) is 23.6 Å². The predicted octanol–water partition coefficient (Wildman–Crippen LogP) is 2.33. The molecule has 124 valence electrons. The van der Waals surface area contributed by atoms with E-state index >= 15 is 0 Å². The van der Waals surface area contributed by atoms with Crippen LogP contribution in [-0.2, 0) is 0 Å². The number of nitrogens with zero attached hydrogens (tertiary/aromatic N) is 1. The molecule has 0 aliphatic carbocycles. The van der Waals surface area contributed by atoms with Crippen LogP contribution in [0.3, 0.4) is 0 Å². The van der Waals surface area contributed by atoms with Crippen molar-refractivity contribution in [3.05, 3.63) is 47.9 Å². The number of methoxy groups -OCH3 is 2. The molecule has 0 saturated carbocycles. The van der Waals surface area contributed by atoms with Crippen LogP contribution in [0, 0.1) is 0 Å². The first-order valence-electron chi connectivity index (χ1n) is 7.27. The first-order chi connectivity index (χ1) is 11.1. The van der Waals surface area contributed by atoms with Gasteiger partial charge in [-0.2, -0.15) is 0 Å². The third-order valence-electron chi connectivity index (χ3n) is 3.60. The number of ether oxygens (including phenoxy) is 2. The van der Waals surface area contributed by atoms with Gasteiger partial charge in [-0.15, -0.1) is 0 Å². The van der Waals surface area contributed by atoms with Crippen LogP contribution in [0.2, 0.25) is 0 Å². The van der Waals surface area contributed by atoms with Crippen molar-refractivity contribution >= 4 is 5.91 Å². The Morgan fingerprint density at radius 1 is 1.26 bits per heavy atom. The van der Waals surface area contributed by atoms with Gasteiger partial charge in [-0.05, 0) is 38.4 Å². The number of carbonyl (C=O) groups is 1. The molecule has 0 aliphatic rings. The van der Waals surface area contributed by atoms with E-state index in [2.05, 4.69) is 5.32 Å². The summed E-state index contributed by atoms with van der Waals surface area (Å²) in [5, 5.41) is 2.92. The number of nitrogens with one attached hydrogen (secondary N) is 1. The summed E-state index contributed by atoms with van der Waals surface area (Å²) in [4.78, 5) is 14.4. The fourth-order valence-corrected chi connectivity index (χ4v) is 2.29. The van der Waals surface area contributed by atoms with Crippen molar-refractivity contribution in [2.45, 2.75) is 6.04 Å². The first-order valence-corrected chi connectivity index (χ1v) is 7.27. The maximum atomic E-state index is 12.4. The molecule has 0 saturated heterocycles. The maximum Gasteiger partial charge on any atom is 0.255 e. The molecule has 2 aromatic rings. The Morgan fingerprint density at radius 2 is 2.04 bits per heavy atom. The van der Waals surface area contributed by atoms with Crippen LogP contribution in [0.25, 0.3) is 0 Å². The third kappa shape index (κ3) is 4.04. The van der Waals surface area contributed by atoms with Gasteiger partial charge in [0.15, 0.2) is 0 Å². The van der Waals surface area contributed by atoms with Crippen LogP contribution >= 0.6 is 0 Å². The highest BCUT2D eigenvalue weighted by Crippen LogP contribution is 2.25. The van der Waals surface area contributed by atoms with Crippen molar-refractivity contribution in [2.75, 3.05) is 34.9 Å². The number of hydrogen-bond acceptors (Lipinski definition) is 5. The minimum Gasteiger partial charge on any atom is -0.497 e. The Morgan fingerprint density at radius 3 is 2.61 bits per heavy atom. The minimum absolute atomic E-state index is 0.0433. The monoisotopic (exact) mass is 318 g/mol. The van der Waals surface area contributed by atoms with Gasteiger partial charge < -0.3 is 19.2 Å². The van der Waals surface area contributed by atoms with E-state index in [1.54, 1.807) is 31.6 Å². The number of carbonyl (C=O) groups excluding carboxylic acids is 1. The van der Waals surface area contributed by atoms with Crippen molar-refractivity contribution < 1.29 is 18.7 Å². The van der Waals surface area contributed by atoms with Gasteiger partial charge in [0.25, 0.3) is 5.91 Å². The summed E-state index contributed by atoms with van der Waals surface area (Å²) in [5.74, 6) is 1.71. The number of amides is 1. The molecule has 6 heteroatoms. The van der Waals surface area contributed by atoms with Crippen LogP contribution in [0.4, 0.5) is 0 Å². The van der Waals surface area contributed by atoms with E-state index in [0.717, 1.165) is 5.76 Å². The molecule has 0 bridgehead atoms. The van der Waals surface area contributed by atoms with Gasteiger partial charge in [0.05, 0.1) is 32.1 Å². The van der Waals surface area contributed by atoms with Gasteiger partial charge in [-0.3, -0.25) is 9.69 Å². The zero-order chi connectivity index (χ0) is 16.8. The Bertz CT molecular complexity index is 638. The van der Waals surface area contributed by atoms with Gasteiger partial charge in [0.2, 0.25) is 0 Å². The quantitative estimate of drug-likeness (QED) is 0.849. The lowest BCUT2D eigenvalue weighted by molar-refractivity contribution is 0.0936. The molecule has 23 heavy (non-hydrogen) atoms. The molecule has 0 spiro atoms. The van der Waals surface area contributed by atoms with E-state index in [1.165, 1.54) is 7.11 Å². The average molecular weight is 318 g/mol. The van der Waals surface area contributed by atoms with Crippen LogP contribution in [0.15, 0.2) is 41.0 Å². The summed E-state index contributed by atoms with van der Waals surface area (Å²) in [6.45, 7) is 0.425. The second-order valence-electron chi connectivity index (χ2n) is 5.27. The molecule has 0 aliphatic heterocycles. The smallest absolute Gasteiger partial charge is 0.255 e. The van der Waals surface area contributed by atoms with Gasteiger partial charge in [-0.1, -0.05) is 0 Å². The van der Waals surface area contributed by atoms with Crippen molar-refractivity contribution in [3.8, 4) is 11.5 Å². The fraction of sp³-hybridized carbons (Fsp3) is 0.353. The molecule has 1 unspecified atom stereocenters. The zero-order valence-electron chi connectivity index (χ0n) is 13.8. The normalized spacial score (nSPS) is 12.0. The lowest BCUT2D eigenvalue weighted by Crippen LogP contribution is -2.34. The van der Waals surface area contributed by atoms with Crippen LogP contribution in [0.5, 0.6) is 11.5 Å². The molecule has 1 atom stereocenters. The largest absolute Gasteiger partial charge is 0.497 e. The highest BCUT2D eigenvalue weighted by atomic mass is 16.5. The Hall–Kier alpha value is -2.47. The van der Waals surface area contributed by atoms with Crippen molar-refractivity contribution in [1.29, 1.82) is 0 Å². The lowest BCUT2D eigenvalue weighted by atomic mass is 10.1. The van der Waals surface area contributed by atoms with Crippen molar-refractivity contribution in [1.82, 2.24) is 10.2 Å². The van der Waals surface area contributed by atoms with Gasteiger partial charge in [-0.25, -0.2) is 0 Å². The SMILES string of the molecule is COc1ccc(C(=O)NCC(c2ccco2)N(C)C)c(OC)c1. The van der Waals surface area contributed by atoms with E-state index in [9.17, 15) is 4.79 Å². The Balaban J connectivity index is 2.09.